The molecular weight excluding hydrogens is 238 g/mol. The first kappa shape index (κ1) is 14.8. The molecule has 0 aromatic heterocycles. The van der Waals surface area contributed by atoms with E-state index in [1.807, 2.05) is 18.7 Å². The van der Waals surface area contributed by atoms with Crippen molar-refractivity contribution in [2.75, 3.05) is 19.8 Å². The zero-order valence-corrected chi connectivity index (χ0v) is 11.7. The van der Waals surface area contributed by atoms with Gasteiger partial charge in [-0.05, 0) is 26.3 Å². The molecule has 2 unspecified atom stereocenters. The highest BCUT2D eigenvalue weighted by Crippen LogP contribution is 2.29. The Morgan fingerprint density at radius 1 is 1.65 bits per heavy atom. The fraction of sp³-hybridized carbons (Fsp3) is 0.917. The molecule has 4 nitrogen and oxygen atoms in total. The third-order valence-corrected chi connectivity index (χ3v) is 4.25. The van der Waals surface area contributed by atoms with Gasteiger partial charge >= 0.3 is 5.97 Å². The van der Waals surface area contributed by atoms with Crippen LogP contribution in [0.3, 0.4) is 0 Å². The summed E-state index contributed by atoms with van der Waals surface area (Å²) in [6.45, 7) is 8.27. The van der Waals surface area contributed by atoms with Gasteiger partial charge in [0.2, 0.25) is 0 Å². The molecule has 0 saturated carbocycles. The number of carboxylic acid groups (broad SMARTS) is 1. The second-order valence-electron chi connectivity index (χ2n) is 4.87. The van der Waals surface area contributed by atoms with Gasteiger partial charge in [-0.25, -0.2) is 0 Å². The predicted octanol–water partition coefficient (Wildman–Crippen LogP) is 1.74. The average Bonchev–Trinajstić information content (AvgIpc) is 2.20. The van der Waals surface area contributed by atoms with Crippen molar-refractivity contribution >= 4 is 17.7 Å². The number of hydrogen-bond donors (Lipinski definition) is 2. The average molecular weight is 261 g/mol. The molecule has 0 aromatic rings. The van der Waals surface area contributed by atoms with Crippen LogP contribution < -0.4 is 5.32 Å². The first-order valence-electron chi connectivity index (χ1n) is 6.19. The van der Waals surface area contributed by atoms with E-state index in [9.17, 15) is 9.90 Å². The van der Waals surface area contributed by atoms with E-state index >= 15 is 0 Å². The molecule has 0 aromatic carbocycles. The Hall–Kier alpha value is -0.260. The van der Waals surface area contributed by atoms with Gasteiger partial charge in [0.1, 0.15) is 5.54 Å². The van der Waals surface area contributed by atoms with E-state index in [0.29, 0.717) is 16.9 Å². The molecule has 0 bridgehead atoms. The summed E-state index contributed by atoms with van der Waals surface area (Å²) in [6.07, 6.45) is 1.59. The van der Waals surface area contributed by atoms with E-state index in [1.54, 1.807) is 6.92 Å². The highest BCUT2D eigenvalue weighted by atomic mass is 32.2. The number of ether oxygens (including phenoxy) is 1. The molecule has 100 valence electrons. The summed E-state index contributed by atoms with van der Waals surface area (Å²) in [5, 5.41) is 13.3. The third kappa shape index (κ3) is 4.48. The lowest BCUT2D eigenvalue weighted by molar-refractivity contribution is -0.144. The van der Waals surface area contributed by atoms with Crippen LogP contribution >= 0.6 is 11.8 Å². The molecule has 1 heterocycles. The van der Waals surface area contributed by atoms with Crippen LogP contribution in [0.25, 0.3) is 0 Å². The molecule has 5 heteroatoms. The lowest BCUT2D eigenvalue weighted by atomic mass is 9.96. The van der Waals surface area contributed by atoms with Crippen molar-refractivity contribution in [1.29, 1.82) is 0 Å². The van der Waals surface area contributed by atoms with Gasteiger partial charge in [-0.1, -0.05) is 13.8 Å². The minimum Gasteiger partial charge on any atom is -0.480 e. The molecule has 0 spiro atoms. The molecular formula is C12H23NO3S. The van der Waals surface area contributed by atoms with Gasteiger partial charge in [-0.3, -0.25) is 4.79 Å². The second-order valence-corrected chi connectivity index (χ2v) is 6.62. The van der Waals surface area contributed by atoms with Gasteiger partial charge in [-0.2, -0.15) is 11.8 Å². The van der Waals surface area contributed by atoms with E-state index in [2.05, 4.69) is 12.2 Å². The van der Waals surface area contributed by atoms with E-state index in [-0.39, 0.29) is 0 Å². The summed E-state index contributed by atoms with van der Waals surface area (Å²) in [5.41, 5.74) is -0.812. The quantitative estimate of drug-likeness (QED) is 0.697. The molecule has 1 saturated heterocycles. The predicted molar refractivity (Wildman–Crippen MR) is 70.6 cm³/mol. The summed E-state index contributed by atoms with van der Waals surface area (Å²) in [6, 6.07) is 0. The normalized spacial score (nSPS) is 21.6. The van der Waals surface area contributed by atoms with Gasteiger partial charge in [-0.15, -0.1) is 0 Å². The Labute approximate surface area is 107 Å². The lowest BCUT2D eigenvalue weighted by Gasteiger charge is -2.33. The van der Waals surface area contributed by atoms with Gasteiger partial charge < -0.3 is 15.2 Å². The number of thioether (sulfide) groups is 1. The molecule has 1 fully saturated rings. The van der Waals surface area contributed by atoms with Crippen LogP contribution in [0.15, 0.2) is 0 Å². The fourth-order valence-corrected chi connectivity index (χ4v) is 3.32. The number of nitrogens with one attached hydrogen (secondary N) is 1. The number of carbonyl (C=O) groups is 1. The van der Waals surface area contributed by atoms with Gasteiger partial charge in [0, 0.05) is 5.25 Å². The largest absolute Gasteiger partial charge is 0.480 e. The molecule has 1 aliphatic heterocycles. The molecule has 17 heavy (non-hydrogen) atoms. The first-order chi connectivity index (χ1) is 7.98. The Balaban J connectivity index is 2.43. The van der Waals surface area contributed by atoms with Crippen LogP contribution in [-0.2, 0) is 9.53 Å². The number of aliphatic carboxylic acids is 1. The molecule has 0 radical (unpaired) electrons. The summed E-state index contributed by atoms with van der Waals surface area (Å²) >= 11 is 1.84. The smallest absolute Gasteiger partial charge is 0.323 e. The van der Waals surface area contributed by atoms with E-state index in [1.165, 1.54) is 0 Å². The van der Waals surface area contributed by atoms with Crippen LogP contribution in [0.4, 0.5) is 0 Å². The van der Waals surface area contributed by atoms with Gasteiger partial charge in [0.15, 0.2) is 0 Å². The zero-order valence-electron chi connectivity index (χ0n) is 10.9. The van der Waals surface area contributed by atoms with Crippen LogP contribution in [0.1, 0.15) is 33.6 Å². The van der Waals surface area contributed by atoms with Crippen molar-refractivity contribution < 1.29 is 14.6 Å². The maximum Gasteiger partial charge on any atom is 0.323 e. The molecule has 0 amide bonds. The standard InChI is InChI=1S/C12H23NO3S/c1-4-5-13-12(3,11(14)15)6-9(2)17-10-7-16-8-10/h9-10,13H,4-8H2,1-3H3,(H,14,15). The number of hydrogen-bond acceptors (Lipinski definition) is 4. The van der Waals surface area contributed by atoms with Gasteiger partial charge in [0.25, 0.3) is 0 Å². The fourth-order valence-electron chi connectivity index (χ4n) is 1.88. The Bertz CT molecular complexity index is 258. The third-order valence-electron chi connectivity index (χ3n) is 2.97. The minimum atomic E-state index is -0.812. The van der Waals surface area contributed by atoms with Crippen LogP contribution in [-0.4, -0.2) is 46.9 Å². The van der Waals surface area contributed by atoms with E-state index in [0.717, 1.165) is 26.2 Å². The SMILES string of the molecule is CCCNC(C)(CC(C)SC1COC1)C(=O)O. The zero-order chi connectivity index (χ0) is 12.9. The van der Waals surface area contributed by atoms with Crippen molar-refractivity contribution in [3.05, 3.63) is 0 Å². The van der Waals surface area contributed by atoms with E-state index in [4.69, 9.17) is 4.74 Å². The molecule has 1 aliphatic rings. The summed E-state index contributed by atoms with van der Waals surface area (Å²) in [5.74, 6) is -0.761. The molecule has 2 N–H and O–H groups in total. The Morgan fingerprint density at radius 3 is 2.71 bits per heavy atom. The van der Waals surface area contributed by atoms with Crippen LogP contribution in [0, 0.1) is 0 Å². The van der Waals surface area contributed by atoms with Crippen LogP contribution in [0.5, 0.6) is 0 Å². The maximum absolute atomic E-state index is 11.3. The number of carboxylic acids is 1. The minimum absolute atomic E-state index is 0.328. The topological polar surface area (TPSA) is 58.6 Å². The summed E-state index contributed by atoms with van der Waals surface area (Å²) in [7, 11) is 0. The van der Waals surface area contributed by atoms with Crippen molar-refractivity contribution in [3.8, 4) is 0 Å². The molecule has 0 aliphatic carbocycles. The molecule has 1 rings (SSSR count). The lowest BCUT2D eigenvalue weighted by Crippen LogP contribution is -2.51. The molecule has 2 atom stereocenters. The number of rotatable bonds is 8. The van der Waals surface area contributed by atoms with Crippen LogP contribution in [0.2, 0.25) is 0 Å². The second kappa shape index (κ2) is 6.61. The van der Waals surface area contributed by atoms with Crippen molar-refractivity contribution in [2.24, 2.45) is 0 Å². The monoisotopic (exact) mass is 261 g/mol. The highest BCUT2D eigenvalue weighted by Gasteiger charge is 2.35. The first-order valence-corrected chi connectivity index (χ1v) is 7.14. The van der Waals surface area contributed by atoms with Crippen molar-refractivity contribution in [2.45, 2.75) is 49.7 Å². The van der Waals surface area contributed by atoms with Gasteiger partial charge in [0.05, 0.1) is 18.5 Å². The summed E-state index contributed by atoms with van der Waals surface area (Å²) < 4.78 is 5.13. The Kier molecular flexibility index (Phi) is 5.76. The Morgan fingerprint density at radius 2 is 2.29 bits per heavy atom. The van der Waals surface area contributed by atoms with Crippen molar-refractivity contribution in [3.63, 3.8) is 0 Å². The van der Waals surface area contributed by atoms with E-state index < -0.39 is 11.5 Å². The highest BCUT2D eigenvalue weighted by molar-refractivity contribution is 8.00. The summed E-state index contributed by atoms with van der Waals surface area (Å²) in [4.78, 5) is 11.3. The maximum atomic E-state index is 11.3. The van der Waals surface area contributed by atoms with Crippen molar-refractivity contribution in [1.82, 2.24) is 5.32 Å².